The zero-order valence-electron chi connectivity index (χ0n) is 16.2. The molecule has 1 saturated heterocycles. The highest BCUT2D eigenvalue weighted by Crippen LogP contribution is 2.36. The molecule has 0 saturated carbocycles. The molecule has 7 heteroatoms. The Hall–Kier alpha value is -2.44. The van der Waals surface area contributed by atoms with Crippen molar-refractivity contribution < 1.29 is 19.1 Å². The predicted molar refractivity (Wildman–Crippen MR) is 110 cm³/mol. The van der Waals surface area contributed by atoms with Gasteiger partial charge < -0.3 is 15.7 Å². The maximum atomic E-state index is 14.0. The number of carboxylic acids is 1. The molecule has 3 N–H and O–H groups in total. The lowest BCUT2D eigenvalue weighted by Crippen LogP contribution is -2.41. The topological polar surface area (TPSA) is 83.6 Å². The second kappa shape index (κ2) is 8.51. The number of carbonyl (C=O) groups is 2. The van der Waals surface area contributed by atoms with Gasteiger partial charge >= 0.3 is 5.97 Å². The minimum atomic E-state index is -1.04. The summed E-state index contributed by atoms with van der Waals surface area (Å²) in [6.45, 7) is 2.03. The number of hydrogen-bond donors (Lipinski definition) is 2. The van der Waals surface area contributed by atoms with E-state index in [0.717, 1.165) is 5.56 Å². The number of carbonyl (C=O) groups excluding carboxylic acids is 1. The van der Waals surface area contributed by atoms with Crippen molar-refractivity contribution in [3.8, 4) is 11.1 Å². The number of aliphatic carboxylic acids is 1. The van der Waals surface area contributed by atoms with Crippen LogP contribution in [-0.4, -0.2) is 41.0 Å². The molecule has 29 heavy (non-hydrogen) atoms. The molecule has 1 aliphatic heterocycles. The number of nitrogens with two attached hydrogens (primary N) is 1. The normalized spacial score (nSPS) is 19.9. The average molecular weight is 419 g/mol. The Balaban J connectivity index is 1.73. The predicted octanol–water partition coefficient (Wildman–Crippen LogP) is 3.73. The van der Waals surface area contributed by atoms with E-state index in [1.54, 1.807) is 41.3 Å². The van der Waals surface area contributed by atoms with Crippen molar-refractivity contribution in [2.24, 2.45) is 11.1 Å². The van der Waals surface area contributed by atoms with Crippen LogP contribution >= 0.6 is 11.6 Å². The van der Waals surface area contributed by atoms with Crippen molar-refractivity contribution in [1.82, 2.24) is 4.90 Å². The lowest BCUT2D eigenvalue weighted by Gasteiger charge is -2.27. The van der Waals surface area contributed by atoms with Gasteiger partial charge in [0.2, 0.25) is 5.91 Å². The number of likely N-dealkylation sites (tertiary alicyclic amines) is 1. The van der Waals surface area contributed by atoms with E-state index in [9.17, 15) is 19.1 Å². The molecule has 1 aliphatic rings. The van der Waals surface area contributed by atoms with Gasteiger partial charge in [-0.05, 0) is 42.5 Å². The van der Waals surface area contributed by atoms with Crippen LogP contribution in [0, 0.1) is 11.2 Å². The monoisotopic (exact) mass is 418 g/mol. The average Bonchev–Trinajstić information content (AvgIpc) is 3.09. The van der Waals surface area contributed by atoms with Crippen LogP contribution < -0.4 is 5.73 Å². The van der Waals surface area contributed by atoms with E-state index < -0.39 is 17.4 Å². The summed E-state index contributed by atoms with van der Waals surface area (Å²) in [7, 11) is 0. The third-order valence-electron chi connectivity index (χ3n) is 5.63. The van der Waals surface area contributed by atoms with Gasteiger partial charge in [-0.25, -0.2) is 4.39 Å². The highest BCUT2D eigenvalue weighted by atomic mass is 35.5. The highest BCUT2D eigenvalue weighted by Gasteiger charge is 2.46. The van der Waals surface area contributed by atoms with Gasteiger partial charge in [-0.2, -0.15) is 0 Å². The highest BCUT2D eigenvalue weighted by molar-refractivity contribution is 6.31. The van der Waals surface area contributed by atoms with Crippen LogP contribution in [-0.2, 0) is 16.0 Å². The van der Waals surface area contributed by atoms with E-state index in [1.807, 2.05) is 0 Å². The van der Waals surface area contributed by atoms with Gasteiger partial charge in [0, 0.05) is 36.6 Å². The number of nitrogens with zero attached hydrogens (tertiary/aromatic N) is 1. The Kier molecular flexibility index (Phi) is 6.24. The first-order chi connectivity index (χ1) is 13.7. The standard InChI is InChI=1S/C22H24ClFN2O3/c1-14(27)26-9-8-22(13-26,21(28)29)12-17(25)10-16-7-6-15(11-19(16)23)18-4-2-3-5-20(18)24/h2-7,11,17H,8-10,12-13,25H2,1H3,(H,28,29)/t17-,22?/m0/s1. The molecule has 1 heterocycles. The van der Waals surface area contributed by atoms with E-state index in [1.165, 1.54) is 13.0 Å². The summed E-state index contributed by atoms with van der Waals surface area (Å²) < 4.78 is 14.0. The Morgan fingerprint density at radius 1 is 1.31 bits per heavy atom. The molecule has 0 aliphatic carbocycles. The summed E-state index contributed by atoms with van der Waals surface area (Å²) in [5.41, 5.74) is 7.16. The Labute approximate surface area is 174 Å². The number of amides is 1. The Morgan fingerprint density at radius 3 is 2.62 bits per heavy atom. The van der Waals surface area contributed by atoms with Gasteiger partial charge in [-0.1, -0.05) is 41.9 Å². The van der Waals surface area contributed by atoms with Crippen molar-refractivity contribution in [3.05, 3.63) is 58.9 Å². The Morgan fingerprint density at radius 2 is 2.03 bits per heavy atom. The van der Waals surface area contributed by atoms with Crippen molar-refractivity contribution in [2.75, 3.05) is 13.1 Å². The van der Waals surface area contributed by atoms with Gasteiger partial charge in [0.15, 0.2) is 0 Å². The lowest BCUT2D eigenvalue weighted by atomic mass is 9.79. The number of benzene rings is 2. The van der Waals surface area contributed by atoms with Gasteiger partial charge in [-0.15, -0.1) is 0 Å². The summed E-state index contributed by atoms with van der Waals surface area (Å²) in [5, 5.41) is 10.2. The van der Waals surface area contributed by atoms with Crippen LogP contribution in [0.4, 0.5) is 4.39 Å². The van der Waals surface area contributed by atoms with E-state index in [4.69, 9.17) is 17.3 Å². The van der Waals surface area contributed by atoms with Gasteiger partial charge in [0.25, 0.3) is 0 Å². The molecule has 0 spiro atoms. The van der Waals surface area contributed by atoms with Crippen molar-refractivity contribution in [3.63, 3.8) is 0 Å². The molecule has 1 unspecified atom stereocenters. The first-order valence-corrected chi connectivity index (χ1v) is 9.87. The van der Waals surface area contributed by atoms with E-state index >= 15 is 0 Å². The molecule has 0 radical (unpaired) electrons. The van der Waals surface area contributed by atoms with E-state index in [2.05, 4.69) is 0 Å². The fraction of sp³-hybridized carbons (Fsp3) is 0.364. The van der Waals surface area contributed by atoms with Crippen LogP contribution in [0.15, 0.2) is 42.5 Å². The summed E-state index contributed by atoms with van der Waals surface area (Å²) in [6, 6.07) is 11.3. The number of rotatable bonds is 6. The maximum absolute atomic E-state index is 14.0. The summed E-state index contributed by atoms with van der Waals surface area (Å²) in [6.07, 6.45) is 1.03. The number of carboxylic acid groups (broad SMARTS) is 1. The molecule has 1 fully saturated rings. The molecule has 0 bridgehead atoms. The molecular weight excluding hydrogens is 395 g/mol. The second-order valence-corrected chi connectivity index (χ2v) is 8.14. The third kappa shape index (κ3) is 4.60. The van der Waals surface area contributed by atoms with Gasteiger partial charge in [0.1, 0.15) is 5.82 Å². The van der Waals surface area contributed by atoms with Crippen LogP contribution in [0.25, 0.3) is 11.1 Å². The number of halogens is 2. The molecule has 2 aromatic rings. The zero-order valence-corrected chi connectivity index (χ0v) is 17.0. The van der Waals surface area contributed by atoms with Gasteiger partial charge in [0.05, 0.1) is 5.41 Å². The van der Waals surface area contributed by atoms with Crippen LogP contribution in [0.5, 0.6) is 0 Å². The molecule has 5 nitrogen and oxygen atoms in total. The Bertz CT molecular complexity index is 936. The van der Waals surface area contributed by atoms with Crippen LogP contribution in [0.3, 0.4) is 0 Å². The minimum Gasteiger partial charge on any atom is -0.481 e. The molecule has 0 aromatic heterocycles. The SMILES string of the molecule is CC(=O)N1CCC(C[C@@H](N)Cc2ccc(-c3ccccc3F)cc2Cl)(C(=O)O)C1. The van der Waals surface area contributed by atoms with Crippen molar-refractivity contribution in [2.45, 2.75) is 32.2 Å². The zero-order chi connectivity index (χ0) is 21.2. The smallest absolute Gasteiger partial charge is 0.311 e. The second-order valence-electron chi connectivity index (χ2n) is 7.73. The molecule has 2 atom stereocenters. The summed E-state index contributed by atoms with van der Waals surface area (Å²) >= 11 is 6.41. The fourth-order valence-electron chi connectivity index (χ4n) is 4.00. The molecule has 1 amide bonds. The quantitative estimate of drug-likeness (QED) is 0.748. The van der Waals surface area contributed by atoms with Crippen LogP contribution in [0.1, 0.15) is 25.3 Å². The molecule has 3 rings (SSSR count). The van der Waals surface area contributed by atoms with E-state index in [-0.39, 0.29) is 24.7 Å². The largest absolute Gasteiger partial charge is 0.481 e. The summed E-state index contributed by atoms with van der Waals surface area (Å²) in [5.74, 6) is -1.39. The summed E-state index contributed by atoms with van der Waals surface area (Å²) in [4.78, 5) is 25.1. The first-order valence-electron chi connectivity index (χ1n) is 9.50. The molecular formula is C22H24ClFN2O3. The van der Waals surface area contributed by atoms with E-state index in [0.29, 0.717) is 35.5 Å². The molecule has 2 aromatic carbocycles. The molecule has 154 valence electrons. The number of hydrogen-bond acceptors (Lipinski definition) is 3. The lowest BCUT2D eigenvalue weighted by molar-refractivity contribution is -0.149. The van der Waals surface area contributed by atoms with Crippen molar-refractivity contribution in [1.29, 1.82) is 0 Å². The minimum absolute atomic E-state index is 0.131. The van der Waals surface area contributed by atoms with Crippen LogP contribution in [0.2, 0.25) is 5.02 Å². The van der Waals surface area contributed by atoms with Crippen molar-refractivity contribution >= 4 is 23.5 Å². The first kappa shape index (κ1) is 21.3. The maximum Gasteiger partial charge on any atom is 0.311 e. The third-order valence-corrected chi connectivity index (χ3v) is 5.98. The van der Waals surface area contributed by atoms with Gasteiger partial charge in [-0.3, -0.25) is 9.59 Å². The fourth-order valence-corrected chi connectivity index (χ4v) is 4.26.